The van der Waals surface area contributed by atoms with Crippen molar-refractivity contribution in [1.82, 2.24) is 15.1 Å². The maximum Gasteiger partial charge on any atom is 0.404 e. The van der Waals surface area contributed by atoms with E-state index in [2.05, 4.69) is 21.2 Å². The molecule has 3 rings (SSSR count). The molecule has 0 fully saturated rings. The molecular formula is C22H23BrClN3O2S. The van der Waals surface area contributed by atoms with Crippen LogP contribution in [0.4, 0.5) is 4.79 Å². The van der Waals surface area contributed by atoms with E-state index in [9.17, 15) is 9.90 Å². The van der Waals surface area contributed by atoms with Crippen molar-refractivity contribution in [2.45, 2.75) is 43.2 Å². The average molecular weight is 509 g/mol. The van der Waals surface area contributed by atoms with Crippen molar-refractivity contribution in [3.05, 3.63) is 69.8 Å². The highest BCUT2D eigenvalue weighted by Gasteiger charge is 2.28. The Hall–Kier alpha value is -1.96. The predicted octanol–water partition coefficient (Wildman–Crippen LogP) is 6.66. The van der Waals surface area contributed by atoms with Gasteiger partial charge in [-0.25, -0.2) is 9.48 Å². The van der Waals surface area contributed by atoms with Crippen molar-refractivity contribution in [2.24, 2.45) is 5.41 Å². The molecule has 0 bridgehead atoms. The highest BCUT2D eigenvalue weighted by atomic mass is 79.9. The van der Waals surface area contributed by atoms with Crippen LogP contribution in [0.15, 0.2) is 69.0 Å². The Morgan fingerprint density at radius 3 is 2.60 bits per heavy atom. The fourth-order valence-corrected chi connectivity index (χ4v) is 4.72. The van der Waals surface area contributed by atoms with Crippen LogP contribution in [-0.2, 0) is 6.42 Å². The fraction of sp³-hybridized carbons (Fsp3) is 0.273. The van der Waals surface area contributed by atoms with E-state index in [1.807, 2.05) is 80.1 Å². The summed E-state index contributed by atoms with van der Waals surface area (Å²) in [5, 5.41) is 18.2. The second-order valence-corrected chi connectivity index (χ2v) is 10.4. The van der Waals surface area contributed by atoms with E-state index in [1.54, 1.807) is 11.8 Å². The number of carboxylic acid groups (broad SMARTS) is 1. The van der Waals surface area contributed by atoms with E-state index in [0.29, 0.717) is 11.4 Å². The van der Waals surface area contributed by atoms with Crippen LogP contribution in [0.25, 0.3) is 5.69 Å². The van der Waals surface area contributed by atoms with Crippen molar-refractivity contribution < 1.29 is 9.90 Å². The number of nitrogens with one attached hydrogen (secondary N) is 1. The predicted molar refractivity (Wildman–Crippen MR) is 125 cm³/mol. The molecule has 0 radical (unpaired) electrons. The van der Waals surface area contributed by atoms with Crippen molar-refractivity contribution in [3.63, 3.8) is 0 Å². The van der Waals surface area contributed by atoms with Crippen molar-refractivity contribution >= 4 is 45.4 Å². The monoisotopic (exact) mass is 507 g/mol. The molecule has 1 heterocycles. The summed E-state index contributed by atoms with van der Waals surface area (Å²) in [6.07, 6.45) is -0.566. The van der Waals surface area contributed by atoms with Gasteiger partial charge in [0.05, 0.1) is 16.4 Å². The SMILES string of the molecule is CC(C)(C)C(Cc1cc(Sc2cccc(Br)c2)n(-c2ccccc2Cl)n1)NC(=O)O. The van der Waals surface area contributed by atoms with Crippen molar-refractivity contribution in [2.75, 3.05) is 0 Å². The first-order chi connectivity index (χ1) is 14.1. The lowest BCUT2D eigenvalue weighted by molar-refractivity contribution is 0.174. The number of hydrogen-bond acceptors (Lipinski definition) is 3. The lowest BCUT2D eigenvalue weighted by Gasteiger charge is -2.29. The number of hydrogen-bond donors (Lipinski definition) is 2. The standard InChI is InChI=1S/C22H23BrClN3O2S/c1-22(2,3)19(25-21(28)29)12-15-13-20(30-16-8-6-7-14(23)11-16)27(26-15)18-10-5-4-9-17(18)24/h4-11,13,19,25H,12H2,1-3H3,(H,28,29). The Morgan fingerprint density at radius 2 is 1.97 bits per heavy atom. The van der Waals surface area contributed by atoms with E-state index in [-0.39, 0.29) is 11.5 Å². The summed E-state index contributed by atoms with van der Waals surface area (Å²) >= 11 is 11.5. The molecule has 3 aromatic rings. The number of nitrogens with zero attached hydrogens (tertiary/aromatic N) is 2. The largest absolute Gasteiger partial charge is 0.465 e. The van der Waals surface area contributed by atoms with E-state index in [0.717, 1.165) is 25.8 Å². The minimum atomic E-state index is -1.04. The molecule has 1 unspecified atom stereocenters. The van der Waals surface area contributed by atoms with Crippen LogP contribution in [0.5, 0.6) is 0 Å². The van der Waals surface area contributed by atoms with Gasteiger partial charge in [-0.1, -0.05) is 78.3 Å². The number of para-hydroxylation sites is 1. The smallest absolute Gasteiger partial charge is 0.404 e. The summed E-state index contributed by atoms with van der Waals surface area (Å²) in [6.45, 7) is 6.03. The van der Waals surface area contributed by atoms with Gasteiger partial charge in [0.15, 0.2) is 0 Å². The van der Waals surface area contributed by atoms with Crippen LogP contribution in [-0.4, -0.2) is 27.0 Å². The fourth-order valence-electron chi connectivity index (χ4n) is 2.96. The average Bonchev–Trinajstić information content (AvgIpc) is 3.02. The van der Waals surface area contributed by atoms with Gasteiger partial charge in [0.25, 0.3) is 0 Å². The normalized spacial score (nSPS) is 12.6. The minimum absolute atomic E-state index is 0.260. The first kappa shape index (κ1) is 22.7. The summed E-state index contributed by atoms with van der Waals surface area (Å²) < 4.78 is 2.82. The Kier molecular flexibility index (Phi) is 7.16. The van der Waals surface area contributed by atoms with Gasteiger partial charge in [-0.15, -0.1) is 0 Å². The van der Waals surface area contributed by atoms with E-state index < -0.39 is 6.09 Å². The Morgan fingerprint density at radius 1 is 1.23 bits per heavy atom. The van der Waals surface area contributed by atoms with Crippen molar-refractivity contribution in [3.8, 4) is 5.69 Å². The second kappa shape index (κ2) is 9.45. The summed E-state index contributed by atoms with van der Waals surface area (Å²) in [5.74, 6) is 0. The maximum atomic E-state index is 11.3. The number of amides is 1. The van der Waals surface area contributed by atoms with Gasteiger partial charge in [0, 0.05) is 21.8 Å². The molecular weight excluding hydrogens is 486 g/mol. The minimum Gasteiger partial charge on any atom is -0.465 e. The third kappa shape index (κ3) is 5.80. The molecule has 5 nitrogen and oxygen atoms in total. The molecule has 2 N–H and O–H groups in total. The van der Waals surface area contributed by atoms with E-state index in [4.69, 9.17) is 16.7 Å². The van der Waals surface area contributed by atoms with Crippen LogP contribution in [0.3, 0.4) is 0 Å². The zero-order chi connectivity index (χ0) is 21.9. The molecule has 30 heavy (non-hydrogen) atoms. The zero-order valence-electron chi connectivity index (χ0n) is 16.9. The Labute approximate surface area is 194 Å². The lowest BCUT2D eigenvalue weighted by Crippen LogP contribution is -2.44. The number of aromatic nitrogens is 2. The van der Waals surface area contributed by atoms with Crippen LogP contribution >= 0.6 is 39.3 Å². The van der Waals surface area contributed by atoms with Crippen LogP contribution in [0.1, 0.15) is 26.5 Å². The molecule has 0 saturated carbocycles. The summed E-state index contributed by atoms with van der Waals surface area (Å²) in [6, 6.07) is 17.3. The molecule has 0 spiro atoms. The van der Waals surface area contributed by atoms with Gasteiger partial charge < -0.3 is 10.4 Å². The van der Waals surface area contributed by atoms with Gasteiger partial charge >= 0.3 is 6.09 Å². The third-order valence-corrected chi connectivity index (χ3v) is 6.39. The Balaban J connectivity index is 2.01. The molecule has 2 aromatic carbocycles. The number of halogens is 2. The third-order valence-electron chi connectivity index (χ3n) is 4.58. The zero-order valence-corrected chi connectivity index (χ0v) is 20.1. The molecule has 0 saturated heterocycles. The van der Waals surface area contributed by atoms with Crippen LogP contribution in [0.2, 0.25) is 5.02 Å². The van der Waals surface area contributed by atoms with E-state index >= 15 is 0 Å². The quantitative estimate of drug-likeness (QED) is 0.390. The highest BCUT2D eigenvalue weighted by Crippen LogP contribution is 2.34. The number of benzene rings is 2. The van der Waals surface area contributed by atoms with Gasteiger partial charge in [-0.3, -0.25) is 0 Å². The molecule has 0 aliphatic heterocycles. The summed E-state index contributed by atoms with van der Waals surface area (Å²) in [7, 11) is 0. The summed E-state index contributed by atoms with van der Waals surface area (Å²) in [4.78, 5) is 12.4. The number of carbonyl (C=O) groups is 1. The second-order valence-electron chi connectivity index (χ2n) is 7.97. The first-order valence-electron chi connectivity index (χ1n) is 9.40. The first-order valence-corrected chi connectivity index (χ1v) is 11.4. The lowest BCUT2D eigenvalue weighted by atomic mass is 9.84. The molecule has 0 aliphatic carbocycles. The maximum absolute atomic E-state index is 11.3. The van der Waals surface area contributed by atoms with E-state index in [1.165, 1.54) is 0 Å². The van der Waals surface area contributed by atoms with Gasteiger partial charge in [-0.2, -0.15) is 5.10 Å². The molecule has 1 atom stereocenters. The van der Waals surface area contributed by atoms with Gasteiger partial charge in [0.1, 0.15) is 5.03 Å². The molecule has 1 aromatic heterocycles. The highest BCUT2D eigenvalue weighted by molar-refractivity contribution is 9.10. The summed E-state index contributed by atoms with van der Waals surface area (Å²) in [5.41, 5.74) is 1.31. The van der Waals surface area contributed by atoms with Crippen LogP contribution < -0.4 is 5.32 Å². The van der Waals surface area contributed by atoms with Gasteiger partial charge in [0.2, 0.25) is 0 Å². The van der Waals surface area contributed by atoms with Crippen molar-refractivity contribution in [1.29, 1.82) is 0 Å². The molecule has 8 heteroatoms. The topological polar surface area (TPSA) is 67.2 Å². The molecule has 0 aliphatic rings. The van der Waals surface area contributed by atoms with Gasteiger partial charge in [-0.05, 0) is 41.8 Å². The Bertz CT molecular complexity index is 1050. The molecule has 1 amide bonds. The van der Waals surface area contributed by atoms with Crippen LogP contribution in [0, 0.1) is 5.41 Å². The molecule has 158 valence electrons. The number of rotatable bonds is 6.